The molecule has 0 amide bonds. The molecule has 0 aromatic heterocycles. The van der Waals surface area contributed by atoms with E-state index in [9.17, 15) is 0 Å². The van der Waals surface area contributed by atoms with E-state index in [1.165, 1.54) is 0 Å². The van der Waals surface area contributed by atoms with Crippen LogP contribution in [-0.4, -0.2) is 13.2 Å². The zero-order valence-corrected chi connectivity index (χ0v) is 13.4. The second-order valence-corrected chi connectivity index (χ2v) is 5.43. The predicted octanol–water partition coefficient (Wildman–Crippen LogP) is 5.04. The third kappa shape index (κ3) is 4.73. The minimum atomic E-state index is 0.440. The Hall–Kier alpha value is -1.19. The van der Waals surface area contributed by atoms with E-state index in [0.29, 0.717) is 19.1 Å². The van der Waals surface area contributed by atoms with E-state index in [1.807, 2.05) is 48.5 Å². The lowest BCUT2D eigenvalue weighted by Crippen LogP contribution is -2.05. The van der Waals surface area contributed by atoms with Gasteiger partial charge >= 0.3 is 0 Å². The highest BCUT2D eigenvalue weighted by Gasteiger charge is 2.03. The molecule has 0 fully saturated rings. The van der Waals surface area contributed by atoms with Crippen molar-refractivity contribution in [2.45, 2.75) is 12.3 Å². The van der Waals surface area contributed by atoms with Crippen molar-refractivity contribution in [1.82, 2.24) is 0 Å². The number of hydrogen-bond acceptors (Lipinski definition) is 2. The number of para-hydroxylation sites is 1. The molecule has 2 aromatic carbocycles. The highest BCUT2D eigenvalue weighted by atomic mass is 79.9. The summed E-state index contributed by atoms with van der Waals surface area (Å²) in [5, 5.41) is 0. The maximum absolute atomic E-state index is 5.90. The molecule has 4 heteroatoms. The van der Waals surface area contributed by atoms with Gasteiger partial charge in [0.05, 0.1) is 19.1 Å². The summed E-state index contributed by atoms with van der Waals surface area (Å²) < 4.78 is 12.3. The molecule has 0 radical (unpaired) electrons. The molecule has 0 N–H and O–H groups in total. The van der Waals surface area contributed by atoms with Gasteiger partial charge in [0, 0.05) is 16.5 Å². The molecule has 2 nitrogen and oxygen atoms in total. The number of hydrogen-bond donors (Lipinski definition) is 0. The summed E-state index contributed by atoms with van der Waals surface area (Å²) in [7, 11) is 0. The SMILES string of the molecule is ClCc1cc(Br)ccc1OCCCOc1ccccc1. The first-order valence-electron chi connectivity index (χ1n) is 6.44. The summed E-state index contributed by atoms with van der Waals surface area (Å²) in [6.45, 7) is 1.25. The molecule has 0 saturated carbocycles. The minimum absolute atomic E-state index is 0.440. The van der Waals surface area contributed by atoms with Gasteiger partial charge in [-0.05, 0) is 30.3 Å². The molecule has 0 spiro atoms. The normalized spacial score (nSPS) is 10.3. The lowest BCUT2D eigenvalue weighted by atomic mass is 10.2. The molecule has 20 heavy (non-hydrogen) atoms. The van der Waals surface area contributed by atoms with Gasteiger partial charge in [-0.2, -0.15) is 0 Å². The van der Waals surface area contributed by atoms with E-state index in [1.54, 1.807) is 0 Å². The summed E-state index contributed by atoms with van der Waals surface area (Å²) in [5.41, 5.74) is 0.991. The molecule has 0 aliphatic rings. The molecular weight excluding hydrogens is 340 g/mol. The highest BCUT2D eigenvalue weighted by Crippen LogP contribution is 2.24. The van der Waals surface area contributed by atoms with E-state index in [4.69, 9.17) is 21.1 Å². The van der Waals surface area contributed by atoms with Gasteiger partial charge < -0.3 is 9.47 Å². The van der Waals surface area contributed by atoms with Gasteiger partial charge in [0.1, 0.15) is 11.5 Å². The van der Waals surface area contributed by atoms with Crippen LogP contribution >= 0.6 is 27.5 Å². The Kier molecular flexibility index (Phi) is 6.22. The summed E-state index contributed by atoms with van der Waals surface area (Å²) in [5.74, 6) is 2.16. The lowest BCUT2D eigenvalue weighted by Gasteiger charge is -2.11. The summed E-state index contributed by atoms with van der Waals surface area (Å²) in [6.07, 6.45) is 0.826. The van der Waals surface area contributed by atoms with Gasteiger partial charge in [-0.15, -0.1) is 11.6 Å². The van der Waals surface area contributed by atoms with Crippen LogP contribution in [0.1, 0.15) is 12.0 Å². The molecule has 0 bridgehead atoms. The Morgan fingerprint density at radius 1 is 0.950 bits per heavy atom. The summed E-state index contributed by atoms with van der Waals surface area (Å²) in [4.78, 5) is 0. The van der Waals surface area contributed by atoms with Crippen molar-refractivity contribution in [2.24, 2.45) is 0 Å². The minimum Gasteiger partial charge on any atom is -0.493 e. The van der Waals surface area contributed by atoms with Gasteiger partial charge in [-0.1, -0.05) is 34.1 Å². The Labute approximate surface area is 132 Å². The zero-order valence-electron chi connectivity index (χ0n) is 11.0. The van der Waals surface area contributed by atoms with Crippen LogP contribution in [0, 0.1) is 0 Å². The van der Waals surface area contributed by atoms with Gasteiger partial charge in [-0.3, -0.25) is 0 Å². The molecule has 106 valence electrons. The van der Waals surface area contributed by atoms with Crippen LogP contribution < -0.4 is 9.47 Å². The Morgan fingerprint density at radius 2 is 1.70 bits per heavy atom. The maximum atomic E-state index is 5.90. The van der Waals surface area contributed by atoms with E-state index in [0.717, 1.165) is 28.0 Å². The molecule has 0 heterocycles. The number of rotatable bonds is 7. The van der Waals surface area contributed by atoms with E-state index < -0.39 is 0 Å². The van der Waals surface area contributed by atoms with Crippen LogP contribution in [0.5, 0.6) is 11.5 Å². The molecule has 0 saturated heterocycles. The van der Waals surface area contributed by atoms with Crippen molar-refractivity contribution in [3.8, 4) is 11.5 Å². The maximum Gasteiger partial charge on any atom is 0.123 e. The smallest absolute Gasteiger partial charge is 0.123 e. The largest absolute Gasteiger partial charge is 0.493 e. The van der Waals surface area contributed by atoms with Crippen molar-refractivity contribution >= 4 is 27.5 Å². The third-order valence-electron chi connectivity index (χ3n) is 2.72. The standard InChI is InChI=1S/C16H16BrClO2/c17-14-7-8-16(13(11-14)12-18)20-10-4-9-19-15-5-2-1-3-6-15/h1-3,5-8,11H,4,9-10,12H2. The van der Waals surface area contributed by atoms with Crippen LogP contribution in [-0.2, 0) is 5.88 Å². The van der Waals surface area contributed by atoms with Crippen LogP contribution in [0.2, 0.25) is 0 Å². The summed E-state index contributed by atoms with van der Waals surface area (Å²) in [6, 6.07) is 15.6. The number of ether oxygens (including phenoxy) is 2. The molecule has 2 aromatic rings. The molecule has 0 unspecified atom stereocenters. The van der Waals surface area contributed by atoms with Crippen LogP contribution in [0.15, 0.2) is 53.0 Å². The highest BCUT2D eigenvalue weighted by molar-refractivity contribution is 9.10. The van der Waals surface area contributed by atoms with Crippen molar-refractivity contribution in [1.29, 1.82) is 0 Å². The van der Waals surface area contributed by atoms with Crippen LogP contribution in [0.4, 0.5) is 0 Å². The third-order valence-corrected chi connectivity index (χ3v) is 3.51. The van der Waals surface area contributed by atoms with E-state index in [2.05, 4.69) is 15.9 Å². The number of halogens is 2. The fraction of sp³-hybridized carbons (Fsp3) is 0.250. The van der Waals surface area contributed by atoms with Gasteiger partial charge in [-0.25, -0.2) is 0 Å². The quantitative estimate of drug-likeness (QED) is 0.512. The Morgan fingerprint density at radius 3 is 2.45 bits per heavy atom. The van der Waals surface area contributed by atoms with Crippen molar-refractivity contribution < 1.29 is 9.47 Å². The first-order chi connectivity index (χ1) is 9.79. The Bertz CT molecular complexity index is 531. The van der Waals surface area contributed by atoms with Gasteiger partial charge in [0.25, 0.3) is 0 Å². The van der Waals surface area contributed by atoms with E-state index >= 15 is 0 Å². The van der Waals surface area contributed by atoms with Crippen molar-refractivity contribution in [3.05, 3.63) is 58.6 Å². The van der Waals surface area contributed by atoms with Crippen LogP contribution in [0.25, 0.3) is 0 Å². The fourth-order valence-electron chi connectivity index (χ4n) is 1.74. The van der Waals surface area contributed by atoms with Gasteiger partial charge in [0.15, 0.2) is 0 Å². The number of benzene rings is 2. The van der Waals surface area contributed by atoms with Gasteiger partial charge in [0.2, 0.25) is 0 Å². The van der Waals surface area contributed by atoms with E-state index in [-0.39, 0.29) is 0 Å². The molecule has 0 atom stereocenters. The average Bonchev–Trinajstić information content (AvgIpc) is 2.49. The van der Waals surface area contributed by atoms with Crippen molar-refractivity contribution in [2.75, 3.05) is 13.2 Å². The molecular formula is C16H16BrClO2. The second kappa shape index (κ2) is 8.18. The van der Waals surface area contributed by atoms with Crippen molar-refractivity contribution in [3.63, 3.8) is 0 Å². The molecule has 0 aliphatic carbocycles. The summed E-state index contributed by atoms with van der Waals surface area (Å²) >= 11 is 9.32. The second-order valence-electron chi connectivity index (χ2n) is 4.25. The Balaban J connectivity index is 1.73. The van der Waals surface area contributed by atoms with Crippen LogP contribution in [0.3, 0.4) is 0 Å². The predicted molar refractivity (Wildman–Crippen MR) is 85.7 cm³/mol. The fourth-order valence-corrected chi connectivity index (χ4v) is 2.36. The monoisotopic (exact) mass is 354 g/mol. The number of alkyl halides is 1. The molecule has 0 aliphatic heterocycles. The lowest BCUT2D eigenvalue weighted by molar-refractivity contribution is 0.246. The average molecular weight is 356 g/mol. The topological polar surface area (TPSA) is 18.5 Å². The first-order valence-corrected chi connectivity index (χ1v) is 7.77. The molecule has 2 rings (SSSR count). The first kappa shape index (κ1) is 15.2. The zero-order chi connectivity index (χ0) is 14.2.